The average molecular weight is 389 g/mol. The number of aryl methyl sites for hydroxylation is 1. The van der Waals surface area contributed by atoms with Crippen LogP contribution in [0.5, 0.6) is 5.75 Å². The molecule has 0 aliphatic carbocycles. The number of hydrogen-bond donors (Lipinski definition) is 0. The van der Waals surface area contributed by atoms with Crippen LogP contribution in [0.2, 0.25) is 0 Å². The lowest BCUT2D eigenvalue weighted by Crippen LogP contribution is -2.29. The smallest absolute Gasteiger partial charge is 0.119 e. The Balaban J connectivity index is 1.65. The molecule has 0 saturated heterocycles. The summed E-state index contributed by atoms with van der Waals surface area (Å²) in [6.45, 7) is 10.4. The van der Waals surface area contributed by atoms with E-state index in [2.05, 4.69) is 90.2 Å². The average Bonchev–Trinajstić information content (AvgIpc) is 3.11. The first kappa shape index (κ1) is 19.8. The Bertz CT molecular complexity index is 909. The van der Waals surface area contributed by atoms with Crippen LogP contribution >= 0.6 is 0 Å². The minimum absolute atomic E-state index is 0.257. The van der Waals surface area contributed by atoms with Crippen LogP contribution < -0.4 is 4.74 Å². The van der Waals surface area contributed by atoms with E-state index in [1.165, 1.54) is 28.8 Å². The van der Waals surface area contributed by atoms with Gasteiger partial charge in [0.15, 0.2) is 0 Å². The fraction of sp³-hybridized carbons (Fsp3) is 0.385. The summed E-state index contributed by atoms with van der Waals surface area (Å²) in [5.41, 5.74) is 5.49. The first-order valence-electron chi connectivity index (χ1n) is 10.9. The highest BCUT2D eigenvalue weighted by atomic mass is 16.5. The molecule has 0 N–H and O–H groups in total. The van der Waals surface area contributed by atoms with Gasteiger partial charge < -0.3 is 9.30 Å². The molecule has 0 bridgehead atoms. The van der Waals surface area contributed by atoms with Crippen molar-refractivity contribution in [2.45, 2.75) is 52.2 Å². The van der Waals surface area contributed by atoms with E-state index in [1.54, 1.807) is 0 Å². The van der Waals surface area contributed by atoms with Crippen molar-refractivity contribution in [3.05, 3.63) is 89.2 Å². The molecular weight excluding hydrogens is 356 g/mol. The molecule has 0 spiro atoms. The molecule has 1 aliphatic heterocycles. The molecule has 3 aromatic rings. The van der Waals surface area contributed by atoms with E-state index < -0.39 is 0 Å². The highest BCUT2D eigenvalue weighted by Gasteiger charge is 2.27. The molecular formula is C26H32N2O. The Kier molecular flexibility index (Phi) is 6.05. The van der Waals surface area contributed by atoms with Gasteiger partial charge in [0.05, 0.1) is 12.6 Å². The van der Waals surface area contributed by atoms with E-state index >= 15 is 0 Å². The van der Waals surface area contributed by atoms with Crippen LogP contribution in [0.3, 0.4) is 0 Å². The van der Waals surface area contributed by atoms with Gasteiger partial charge in [0.25, 0.3) is 0 Å². The van der Waals surface area contributed by atoms with Gasteiger partial charge in [0.1, 0.15) is 5.75 Å². The summed E-state index contributed by atoms with van der Waals surface area (Å²) in [5.74, 6) is 1.51. The fourth-order valence-corrected chi connectivity index (χ4v) is 4.35. The number of nitrogens with zero attached hydrogens (tertiary/aromatic N) is 2. The number of ether oxygens (including phenoxy) is 1. The molecule has 2 aromatic carbocycles. The van der Waals surface area contributed by atoms with Crippen molar-refractivity contribution in [3.8, 4) is 5.75 Å². The zero-order valence-corrected chi connectivity index (χ0v) is 17.8. The summed E-state index contributed by atoms with van der Waals surface area (Å²) in [5, 5.41) is 0. The quantitative estimate of drug-likeness (QED) is 0.515. The van der Waals surface area contributed by atoms with Crippen molar-refractivity contribution >= 4 is 0 Å². The maximum Gasteiger partial charge on any atom is 0.119 e. The Morgan fingerprint density at radius 1 is 0.966 bits per heavy atom. The molecule has 1 atom stereocenters. The van der Waals surface area contributed by atoms with Crippen molar-refractivity contribution in [2.24, 2.45) is 0 Å². The Morgan fingerprint density at radius 3 is 2.41 bits per heavy atom. The highest BCUT2D eigenvalue weighted by molar-refractivity contribution is 5.35. The number of rotatable bonds is 6. The summed E-state index contributed by atoms with van der Waals surface area (Å²) in [6.07, 6.45) is 3.39. The van der Waals surface area contributed by atoms with Gasteiger partial charge in [-0.1, -0.05) is 50.2 Å². The van der Waals surface area contributed by atoms with Gasteiger partial charge in [-0.25, -0.2) is 0 Å². The van der Waals surface area contributed by atoms with Crippen LogP contribution in [0.1, 0.15) is 61.5 Å². The SMILES string of the molecule is CCOc1ccc([C@H]2c3cccn3CCCN2Cc2ccc(C(C)C)cc2)cc1. The van der Waals surface area contributed by atoms with Crippen LogP contribution in [-0.4, -0.2) is 22.6 Å². The summed E-state index contributed by atoms with van der Waals surface area (Å²) in [4.78, 5) is 2.62. The molecule has 2 heterocycles. The summed E-state index contributed by atoms with van der Waals surface area (Å²) >= 11 is 0. The van der Waals surface area contributed by atoms with Gasteiger partial charge in [-0.15, -0.1) is 0 Å². The number of benzene rings is 2. The van der Waals surface area contributed by atoms with Crippen LogP contribution in [0.15, 0.2) is 66.9 Å². The molecule has 1 aliphatic rings. The molecule has 0 amide bonds. The predicted octanol–water partition coefficient (Wildman–Crippen LogP) is 6.01. The van der Waals surface area contributed by atoms with Crippen LogP contribution in [0.4, 0.5) is 0 Å². The van der Waals surface area contributed by atoms with Crippen LogP contribution in [-0.2, 0) is 13.1 Å². The Morgan fingerprint density at radius 2 is 1.72 bits per heavy atom. The molecule has 0 saturated carbocycles. The third kappa shape index (κ3) is 4.40. The zero-order chi connectivity index (χ0) is 20.2. The van der Waals surface area contributed by atoms with E-state index in [4.69, 9.17) is 4.74 Å². The number of hydrogen-bond acceptors (Lipinski definition) is 2. The van der Waals surface area contributed by atoms with Gasteiger partial charge in [-0.3, -0.25) is 4.90 Å². The first-order valence-corrected chi connectivity index (χ1v) is 10.9. The molecule has 3 nitrogen and oxygen atoms in total. The molecule has 1 aromatic heterocycles. The number of fused-ring (bicyclic) bond motifs is 1. The van der Waals surface area contributed by atoms with Crippen molar-refractivity contribution in [1.82, 2.24) is 9.47 Å². The second kappa shape index (κ2) is 8.87. The molecule has 0 unspecified atom stereocenters. The van der Waals surface area contributed by atoms with E-state index in [0.717, 1.165) is 25.4 Å². The second-order valence-electron chi connectivity index (χ2n) is 8.25. The standard InChI is InChI=1S/C26H32N2O/c1-4-29-24-14-12-23(13-15-24)26-25-7-5-16-27(25)17-6-18-28(26)19-21-8-10-22(11-9-21)20(2)3/h5,7-16,20,26H,4,6,17-19H2,1-3H3/t26-/m0/s1. The van der Waals surface area contributed by atoms with Gasteiger partial charge in [0, 0.05) is 31.5 Å². The Labute approximate surface area is 174 Å². The van der Waals surface area contributed by atoms with E-state index in [1.807, 2.05) is 6.92 Å². The third-order valence-corrected chi connectivity index (χ3v) is 5.89. The molecule has 3 heteroatoms. The molecule has 152 valence electrons. The van der Waals surface area contributed by atoms with Crippen LogP contribution in [0, 0.1) is 0 Å². The highest BCUT2D eigenvalue weighted by Crippen LogP contribution is 2.34. The van der Waals surface area contributed by atoms with Crippen LogP contribution in [0.25, 0.3) is 0 Å². The fourth-order valence-electron chi connectivity index (χ4n) is 4.35. The monoisotopic (exact) mass is 388 g/mol. The van der Waals surface area contributed by atoms with Gasteiger partial charge in [-0.2, -0.15) is 0 Å². The lowest BCUT2D eigenvalue weighted by Gasteiger charge is -2.31. The lowest BCUT2D eigenvalue weighted by molar-refractivity contribution is 0.220. The van der Waals surface area contributed by atoms with Gasteiger partial charge >= 0.3 is 0 Å². The molecule has 29 heavy (non-hydrogen) atoms. The summed E-state index contributed by atoms with van der Waals surface area (Å²) < 4.78 is 8.08. The van der Waals surface area contributed by atoms with E-state index in [0.29, 0.717) is 12.5 Å². The zero-order valence-electron chi connectivity index (χ0n) is 17.8. The third-order valence-electron chi connectivity index (χ3n) is 5.89. The maximum atomic E-state index is 5.66. The minimum atomic E-state index is 0.257. The molecule has 4 rings (SSSR count). The maximum absolute atomic E-state index is 5.66. The normalized spacial score (nSPS) is 17.2. The minimum Gasteiger partial charge on any atom is -0.494 e. The predicted molar refractivity (Wildman–Crippen MR) is 119 cm³/mol. The van der Waals surface area contributed by atoms with E-state index in [9.17, 15) is 0 Å². The van der Waals surface area contributed by atoms with Crippen molar-refractivity contribution in [2.75, 3.05) is 13.2 Å². The molecule has 0 radical (unpaired) electrons. The second-order valence-corrected chi connectivity index (χ2v) is 8.25. The van der Waals surface area contributed by atoms with E-state index in [-0.39, 0.29) is 6.04 Å². The van der Waals surface area contributed by atoms with Gasteiger partial charge in [-0.05, 0) is 60.2 Å². The summed E-state index contributed by atoms with van der Waals surface area (Å²) in [7, 11) is 0. The van der Waals surface area contributed by atoms with Crippen molar-refractivity contribution in [1.29, 1.82) is 0 Å². The topological polar surface area (TPSA) is 17.4 Å². The molecule has 0 fully saturated rings. The van der Waals surface area contributed by atoms with Crippen molar-refractivity contribution < 1.29 is 4.74 Å². The Hall–Kier alpha value is -2.52. The summed E-state index contributed by atoms with van der Waals surface area (Å²) in [6, 6.07) is 22.5. The largest absolute Gasteiger partial charge is 0.494 e. The van der Waals surface area contributed by atoms with Gasteiger partial charge in [0.2, 0.25) is 0 Å². The number of aromatic nitrogens is 1. The van der Waals surface area contributed by atoms with Crippen molar-refractivity contribution in [3.63, 3.8) is 0 Å². The first-order chi connectivity index (χ1) is 14.2. The lowest BCUT2D eigenvalue weighted by atomic mass is 9.99.